The van der Waals surface area contributed by atoms with Crippen LogP contribution in [-0.4, -0.2) is 19.3 Å². The second-order valence-electron chi connectivity index (χ2n) is 9.14. The second kappa shape index (κ2) is 8.13. The van der Waals surface area contributed by atoms with E-state index in [2.05, 4.69) is 91.1 Å². The molecule has 35 heavy (non-hydrogen) atoms. The third-order valence-corrected chi connectivity index (χ3v) is 6.31. The minimum Gasteiger partial charge on any atom is -0.455 e. The summed E-state index contributed by atoms with van der Waals surface area (Å²) in [6.45, 7) is 8.24. The molecule has 0 saturated carbocycles. The molecule has 0 atom stereocenters. The van der Waals surface area contributed by atoms with E-state index in [1.807, 2.05) is 36.0 Å². The largest absolute Gasteiger partial charge is 0.455 e. The quantitative estimate of drug-likeness (QED) is 0.277. The molecule has 3 heterocycles. The number of para-hydroxylation sites is 2. The molecule has 0 aliphatic carbocycles. The highest BCUT2D eigenvalue weighted by Crippen LogP contribution is 2.39. The van der Waals surface area contributed by atoms with Crippen LogP contribution < -0.4 is 4.74 Å². The molecular weight excluding hydrogens is 432 g/mol. The van der Waals surface area contributed by atoms with Crippen LogP contribution in [0.15, 0.2) is 85.1 Å². The van der Waals surface area contributed by atoms with Crippen molar-refractivity contribution in [1.29, 1.82) is 0 Å². The summed E-state index contributed by atoms with van der Waals surface area (Å²) in [6.07, 6.45) is 1.86. The Morgan fingerprint density at radius 2 is 1.57 bits per heavy atom. The molecule has 0 N–H and O–H groups in total. The van der Waals surface area contributed by atoms with Gasteiger partial charge in [0.05, 0.1) is 22.4 Å². The molecule has 3 aromatic heterocycles. The van der Waals surface area contributed by atoms with Gasteiger partial charge in [-0.3, -0.25) is 4.57 Å². The van der Waals surface area contributed by atoms with Gasteiger partial charge in [0.25, 0.3) is 0 Å². The number of rotatable bonds is 4. The smallest absolute Gasteiger partial charge is 0.152 e. The number of aromatic nitrogens is 4. The first kappa shape index (κ1) is 21.2. The van der Waals surface area contributed by atoms with Crippen molar-refractivity contribution in [2.24, 2.45) is 0 Å². The zero-order chi connectivity index (χ0) is 24.1. The molecule has 0 spiro atoms. The maximum atomic E-state index is 6.61. The number of hydrogen-bond donors (Lipinski definition) is 0. The van der Waals surface area contributed by atoms with E-state index in [4.69, 9.17) is 9.72 Å². The molecule has 0 radical (unpaired) electrons. The van der Waals surface area contributed by atoms with Gasteiger partial charge in [-0.1, -0.05) is 30.3 Å². The minimum absolute atomic E-state index is 0.772. The predicted molar refractivity (Wildman–Crippen MR) is 141 cm³/mol. The van der Waals surface area contributed by atoms with Gasteiger partial charge in [-0.25, -0.2) is 9.67 Å². The van der Waals surface area contributed by atoms with Crippen LogP contribution >= 0.6 is 0 Å². The predicted octanol–water partition coefficient (Wildman–Crippen LogP) is 7.39. The summed E-state index contributed by atoms with van der Waals surface area (Å²) in [5.41, 5.74) is 7.44. The highest BCUT2D eigenvalue weighted by atomic mass is 16.5. The van der Waals surface area contributed by atoms with Gasteiger partial charge >= 0.3 is 0 Å². The number of aryl methyl sites for hydroxylation is 4. The molecule has 172 valence electrons. The summed E-state index contributed by atoms with van der Waals surface area (Å²) in [6, 6.07) is 27.1. The molecule has 5 heteroatoms. The molecule has 0 aliphatic heterocycles. The third kappa shape index (κ3) is 3.66. The van der Waals surface area contributed by atoms with E-state index in [1.54, 1.807) is 0 Å². The molecule has 5 nitrogen and oxygen atoms in total. The van der Waals surface area contributed by atoms with Crippen LogP contribution in [0.3, 0.4) is 0 Å². The monoisotopic (exact) mass is 458 g/mol. The van der Waals surface area contributed by atoms with Gasteiger partial charge in [-0.15, -0.1) is 0 Å². The van der Waals surface area contributed by atoms with E-state index >= 15 is 0 Å². The van der Waals surface area contributed by atoms with E-state index < -0.39 is 0 Å². The summed E-state index contributed by atoms with van der Waals surface area (Å²) in [5.74, 6) is 2.43. The Kier molecular flexibility index (Phi) is 4.92. The van der Waals surface area contributed by atoms with Gasteiger partial charge < -0.3 is 4.74 Å². The van der Waals surface area contributed by atoms with Crippen molar-refractivity contribution >= 4 is 21.8 Å². The van der Waals surface area contributed by atoms with E-state index in [1.165, 1.54) is 5.39 Å². The molecule has 0 amide bonds. The first-order chi connectivity index (χ1) is 17.0. The summed E-state index contributed by atoms with van der Waals surface area (Å²) >= 11 is 0. The fraction of sp³-hybridized carbons (Fsp3) is 0.133. The maximum absolute atomic E-state index is 6.61. The van der Waals surface area contributed by atoms with E-state index in [9.17, 15) is 0 Å². The number of nitrogens with zero attached hydrogens (tertiary/aromatic N) is 4. The lowest BCUT2D eigenvalue weighted by Crippen LogP contribution is -2.01. The average Bonchev–Trinajstić information content (AvgIpc) is 3.36. The highest BCUT2D eigenvalue weighted by Gasteiger charge is 2.18. The maximum Gasteiger partial charge on any atom is 0.152 e. The van der Waals surface area contributed by atoms with Crippen molar-refractivity contribution in [2.45, 2.75) is 27.7 Å². The van der Waals surface area contributed by atoms with Gasteiger partial charge in [0.1, 0.15) is 11.6 Å². The molecule has 3 aromatic carbocycles. The standard InChI is InChI=1S/C30H26N4O/c1-19-12-13-31-29(16-19)33-27-10-6-5-8-25(27)26-9-7-11-28(30(26)33)35-24-15-20(2)14-23(18-24)34-22(4)17-21(3)32-34/h5-18H,1-4H3. The number of benzene rings is 3. The Morgan fingerprint density at radius 1 is 0.743 bits per heavy atom. The normalized spacial score (nSPS) is 11.4. The second-order valence-corrected chi connectivity index (χ2v) is 9.14. The minimum atomic E-state index is 0.772. The van der Waals surface area contributed by atoms with Crippen molar-refractivity contribution in [3.8, 4) is 23.0 Å². The Morgan fingerprint density at radius 3 is 2.37 bits per heavy atom. The lowest BCUT2D eigenvalue weighted by Gasteiger charge is -2.14. The summed E-state index contributed by atoms with van der Waals surface area (Å²) in [4.78, 5) is 4.71. The Bertz CT molecular complexity index is 1720. The first-order valence-corrected chi connectivity index (χ1v) is 11.8. The molecule has 0 unspecified atom stereocenters. The highest BCUT2D eigenvalue weighted by molar-refractivity contribution is 6.11. The van der Waals surface area contributed by atoms with E-state index in [0.29, 0.717) is 0 Å². The van der Waals surface area contributed by atoms with Crippen molar-refractivity contribution < 1.29 is 4.74 Å². The van der Waals surface area contributed by atoms with Gasteiger partial charge in [0.2, 0.25) is 0 Å². The van der Waals surface area contributed by atoms with Crippen LogP contribution in [0.1, 0.15) is 22.5 Å². The van der Waals surface area contributed by atoms with Gasteiger partial charge in [-0.05, 0) is 81.3 Å². The fourth-order valence-corrected chi connectivity index (χ4v) is 4.88. The lowest BCUT2D eigenvalue weighted by molar-refractivity contribution is 0.485. The Hall–Kier alpha value is -4.38. The molecule has 0 bridgehead atoms. The Balaban J connectivity index is 1.56. The average molecular weight is 459 g/mol. The zero-order valence-corrected chi connectivity index (χ0v) is 20.3. The van der Waals surface area contributed by atoms with E-state index in [0.717, 1.165) is 61.9 Å². The molecule has 6 aromatic rings. The third-order valence-electron chi connectivity index (χ3n) is 6.31. The van der Waals surface area contributed by atoms with Gasteiger partial charge in [0.15, 0.2) is 5.75 Å². The van der Waals surface area contributed by atoms with Gasteiger partial charge in [-0.2, -0.15) is 5.10 Å². The van der Waals surface area contributed by atoms with Crippen LogP contribution in [-0.2, 0) is 0 Å². The van der Waals surface area contributed by atoms with Crippen molar-refractivity contribution in [3.63, 3.8) is 0 Å². The molecule has 6 rings (SSSR count). The molecule has 0 saturated heterocycles. The van der Waals surface area contributed by atoms with Crippen molar-refractivity contribution in [3.05, 3.63) is 108 Å². The summed E-state index contributed by atoms with van der Waals surface area (Å²) in [5, 5.41) is 6.96. The van der Waals surface area contributed by atoms with Gasteiger partial charge in [0, 0.05) is 28.7 Å². The van der Waals surface area contributed by atoms with Crippen LogP contribution in [0, 0.1) is 27.7 Å². The zero-order valence-electron chi connectivity index (χ0n) is 20.3. The molecule has 0 fully saturated rings. The van der Waals surface area contributed by atoms with Crippen LogP contribution in [0.5, 0.6) is 11.5 Å². The van der Waals surface area contributed by atoms with Crippen LogP contribution in [0.25, 0.3) is 33.3 Å². The molecular formula is C30H26N4O. The molecule has 0 aliphatic rings. The topological polar surface area (TPSA) is 44.9 Å². The number of ether oxygens (including phenoxy) is 1. The number of pyridine rings is 1. The van der Waals surface area contributed by atoms with Crippen LogP contribution in [0.4, 0.5) is 0 Å². The fourth-order valence-electron chi connectivity index (χ4n) is 4.88. The Labute approximate surface area is 204 Å². The van der Waals surface area contributed by atoms with Crippen molar-refractivity contribution in [2.75, 3.05) is 0 Å². The van der Waals surface area contributed by atoms with Crippen molar-refractivity contribution in [1.82, 2.24) is 19.3 Å². The lowest BCUT2D eigenvalue weighted by atomic mass is 10.1. The first-order valence-electron chi connectivity index (χ1n) is 11.8. The van der Waals surface area contributed by atoms with Crippen LogP contribution in [0.2, 0.25) is 0 Å². The summed E-state index contributed by atoms with van der Waals surface area (Å²) < 4.78 is 10.8. The number of hydrogen-bond acceptors (Lipinski definition) is 3. The SMILES string of the molecule is Cc1cc(Oc2cccc3c4ccccc4n(-c4cc(C)ccn4)c23)cc(-n2nc(C)cc2C)c1. The summed E-state index contributed by atoms with van der Waals surface area (Å²) in [7, 11) is 0. The number of fused-ring (bicyclic) bond motifs is 3. The van der Waals surface area contributed by atoms with E-state index in [-0.39, 0.29) is 0 Å².